The SMILES string of the molecule is CC(C)N1CCC(NCc2ccccc2Br)C1. The summed E-state index contributed by atoms with van der Waals surface area (Å²) in [5.74, 6) is 0. The molecule has 1 atom stereocenters. The standard InChI is InChI=1S/C14H21BrN2/c1-11(2)17-8-7-13(10-17)16-9-12-5-3-4-6-14(12)15/h3-6,11,13,16H,7-10H2,1-2H3. The molecule has 0 spiro atoms. The zero-order valence-corrected chi connectivity index (χ0v) is 12.2. The van der Waals surface area contributed by atoms with Gasteiger partial charge in [0, 0.05) is 29.6 Å². The Balaban J connectivity index is 1.82. The van der Waals surface area contributed by atoms with E-state index in [-0.39, 0.29) is 0 Å². The van der Waals surface area contributed by atoms with E-state index in [4.69, 9.17) is 0 Å². The highest BCUT2D eigenvalue weighted by Gasteiger charge is 2.23. The van der Waals surface area contributed by atoms with Crippen molar-refractivity contribution in [2.45, 2.75) is 38.9 Å². The summed E-state index contributed by atoms with van der Waals surface area (Å²) < 4.78 is 1.20. The molecule has 1 N–H and O–H groups in total. The topological polar surface area (TPSA) is 15.3 Å². The minimum absolute atomic E-state index is 0.643. The largest absolute Gasteiger partial charge is 0.309 e. The van der Waals surface area contributed by atoms with Gasteiger partial charge in [0.15, 0.2) is 0 Å². The summed E-state index contributed by atoms with van der Waals surface area (Å²) in [5, 5.41) is 3.65. The van der Waals surface area contributed by atoms with Gasteiger partial charge in [0.2, 0.25) is 0 Å². The van der Waals surface area contributed by atoms with Crippen LogP contribution in [0, 0.1) is 0 Å². The Morgan fingerprint density at radius 3 is 2.82 bits per heavy atom. The molecule has 0 bridgehead atoms. The molecular formula is C14H21BrN2. The monoisotopic (exact) mass is 296 g/mol. The van der Waals surface area contributed by atoms with Crippen LogP contribution in [0.1, 0.15) is 25.8 Å². The van der Waals surface area contributed by atoms with Crippen molar-refractivity contribution in [1.29, 1.82) is 0 Å². The van der Waals surface area contributed by atoms with Crippen molar-refractivity contribution in [3.05, 3.63) is 34.3 Å². The van der Waals surface area contributed by atoms with Crippen molar-refractivity contribution in [2.75, 3.05) is 13.1 Å². The van der Waals surface area contributed by atoms with E-state index >= 15 is 0 Å². The van der Waals surface area contributed by atoms with Crippen LogP contribution in [-0.4, -0.2) is 30.1 Å². The quantitative estimate of drug-likeness (QED) is 0.919. The van der Waals surface area contributed by atoms with Crippen molar-refractivity contribution in [3.8, 4) is 0 Å². The summed E-state index contributed by atoms with van der Waals surface area (Å²) in [5.41, 5.74) is 1.34. The molecule has 2 nitrogen and oxygen atoms in total. The summed E-state index contributed by atoms with van der Waals surface area (Å²) in [4.78, 5) is 2.54. The van der Waals surface area contributed by atoms with Crippen LogP contribution in [0.2, 0.25) is 0 Å². The molecule has 1 aliphatic heterocycles. The third-order valence-corrected chi connectivity index (χ3v) is 4.26. The molecule has 2 rings (SSSR count). The van der Waals surface area contributed by atoms with E-state index in [1.54, 1.807) is 0 Å². The van der Waals surface area contributed by atoms with Crippen molar-refractivity contribution in [1.82, 2.24) is 10.2 Å². The lowest BCUT2D eigenvalue weighted by molar-refractivity contribution is 0.268. The Morgan fingerprint density at radius 1 is 1.41 bits per heavy atom. The second-order valence-corrected chi connectivity index (χ2v) is 5.90. The fourth-order valence-corrected chi connectivity index (χ4v) is 2.74. The van der Waals surface area contributed by atoms with Crippen molar-refractivity contribution in [3.63, 3.8) is 0 Å². The minimum Gasteiger partial charge on any atom is -0.309 e. The van der Waals surface area contributed by atoms with Gasteiger partial charge in [0.1, 0.15) is 0 Å². The fraction of sp³-hybridized carbons (Fsp3) is 0.571. The van der Waals surface area contributed by atoms with E-state index in [1.807, 2.05) is 0 Å². The summed E-state index contributed by atoms with van der Waals surface area (Å²) >= 11 is 3.59. The number of likely N-dealkylation sites (tertiary alicyclic amines) is 1. The van der Waals surface area contributed by atoms with E-state index in [1.165, 1.54) is 29.5 Å². The van der Waals surface area contributed by atoms with Crippen LogP contribution < -0.4 is 5.32 Å². The molecule has 0 amide bonds. The maximum Gasteiger partial charge on any atom is 0.0220 e. The third-order valence-electron chi connectivity index (χ3n) is 3.49. The predicted octanol–water partition coefficient (Wildman–Crippen LogP) is 3.02. The average Bonchev–Trinajstić information content (AvgIpc) is 2.77. The molecule has 1 aromatic rings. The molecule has 1 saturated heterocycles. The molecule has 0 aliphatic carbocycles. The lowest BCUT2D eigenvalue weighted by atomic mass is 10.2. The number of halogens is 1. The van der Waals surface area contributed by atoms with Crippen LogP contribution in [0.3, 0.4) is 0 Å². The number of rotatable bonds is 4. The summed E-state index contributed by atoms with van der Waals surface area (Å²) in [6, 6.07) is 9.74. The maximum absolute atomic E-state index is 3.65. The molecule has 0 saturated carbocycles. The Morgan fingerprint density at radius 2 is 2.18 bits per heavy atom. The predicted molar refractivity (Wildman–Crippen MR) is 76.1 cm³/mol. The van der Waals surface area contributed by atoms with Gasteiger partial charge in [0.25, 0.3) is 0 Å². The highest BCUT2D eigenvalue weighted by molar-refractivity contribution is 9.10. The van der Waals surface area contributed by atoms with Crippen molar-refractivity contribution in [2.24, 2.45) is 0 Å². The van der Waals surface area contributed by atoms with Crippen LogP contribution in [0.25, 0.3) is 0 Å². The molecule has 1 unspecified atom stereocenters. The van der Waals surface area contributed by atoms with Gasteiger partial charge in [-0.2, -0.15) is 0 Å². The van der Waals surface area contributed by atoms with Gasteiger partial charge in [-0.1, -0.05) is 34.1 Å². The summed E-state index contributed by atoms with van der Waals surface area (Å²) in [7, 11) is 0. The number of benzene rings is 1. The molecule has 0 aromatic heterocycles. The van der Waals surface area contributed by atoms with Crippen molar-refractivity contribution >= 4 is 15.9 Å². The summed E-state index contributed by atoms with van der Waals surface area (Å²) in [6.07, 6.45) is 1.27. The average molecular weight is 297 g/mol. The van der Waals surface area contributed by atoms with Gasteiger partial charge in [-0.3, -0.25) is 4.90 Å². The van der Waals surface area contributed by atoms with E-state index in [9.17, 15) is 0 Å². The lowest BCUT2D eigenvalue weighted by Gasteiger charge is -2.20. The van der Waals surface area contributed by atoms with Crippen LogP contribution in [0.5, 0.6) is 0 Å². The van der Waals surface area contributed by atoms with Crippen LogP contribution in [0.15, 0.2) is 28.7 Å². The first-order valence-electron chi connectivity index (χ1n) is 6.37. The Bertz CT molecular complexity index is 365. The molecule has 94 valence electrons. The Hall–Kier alpha value is -0.380. The third kappa shape index (κ3) is 3.54. The molecule has 1 aromatic carbocycles. The van der Waals surface area contributed by atoms with Gasteiger partial charge < -0.3 is 5.32 Å². The molecule has 3 heteroatoms. The normalized spacial score (nSPS) is 21.3. The fourth-order valence-electron chi connectivity index (χ4n) is 2.32. The van der Waals surface area contributed by atoms with E-state index < -0.39 is 0 Å². The second kappa shape index (κ2) is 5.98. The van der Waals surface area contributed by atoms with Gasteiger partial charge in [0.05, 0.1) is 0 Å². The number of hydrogen-bond donors (Lipinski definition) is 1. The first-order chi connectivity index (χ1) is 8.16. The lowest BCUT2D eigenvalue weighted by Crippen LogP contribution is -2.34. The molecule has 1 aliphatic rings. The molecular weight excluding hydrogens is 276 g/mol. The van der Waals surface area contributed by atoms with Crippen LogP contribution >= 0.6 is 15.9 Å². The van der Waals surface area contributed by atoms with E-state index in [2.05, 4.69) is 64.3 Å². The van der Waals surface area contributed by atoms with Gasteiger partial charge >= 0.3 is 0 Å². The van der Waals surface area contributed by atoms with E-state index in [0.29, 0.717) is 12.1 Å². The van der Waals surface area contributed by atoms with Gasteiger partial charge in [-0.05, 0) is 38.4 Å². The maximum atomic E-state index is 3.65. The zero-order chi connectivity index (χ0) is 12.3. The molecule has 17 heavy (non-hydrogen) atoms. The van der Waals surface area contributed by atoms with Crippen molar-refractivity contribution < 1.29 is 0 Å². The Labute approximate surface area is 113 Å². The molecule has 1 fully saturated rings. The number of nitrogens with zero attached hydrogens (tertiary/aromatic N) is 1. The number of hydrogen-bond acceptors (Lipinski definition) is 2. The zero-order valence-electron chi connectivity index (χ0n) is 10.6. The Kier molecular flexibility index (Phi) is 4.60. The van der Waals surface area contributed by atoms with E-state index in [0.717, 1.165) is 6.54 Å². The first-order valence-corrected chi connectivity index (χ1v) is 7.17. The first kappa shape index (κ1) is 13.1. The number of nitrogens with one attached hydrogen (secondary N) is 1. The van der Waals surface area contributed by atoms with Gasteiger partial charge in [-0.25, -0.2) is 0 Å². The van der Waals surface area contributed by atoms with Crippen LogP contribution in [0.4, 0.5) is 0 Å². The molecule has 1 heterocycles. The molecule has 0 radical (unpaired) electrons. The highest BCUT2D eigenvalue weighted by atomic mass is 79.9. The van der Waals surface area contributed by atoms with Crippen LogP contribution in [-0.2, 0) is 6.54 Å². The minimum atomic E-state index is 0.643. The highest BCUT2D eigenvalue weighted by Crippen LogP contribution is 2.17. The summed E-state index contributed by atoms with van der Waals surface area (Å²) in [6.45, 7) is 7.91. The second-order valence-electron chi connectivity index (χ2n) is 5.05. The van der Waals surface area contributed by atoms with Gasteiger partial charge in [-0.15, -0.1) is 0 Å². The smallest absolute Gasteiger partial charge is 0.0220 e.